The van der Waals surface area contributed by atoms with E-state index in [0.717, 1.165) is 23.3 Å². The van der Waals surface area contributed by atoms with Crippen molar-refractivity contribution >= 4 is 29.4 Å². The molecule has 0 saturated carbocycles. The van der Waals surface area contributed by atoms with E-state index in [1.54, 1.807) is 24.5 Å². The fourth-order valence-corrected chi connectivity index (χ4v) is 3.43. The molecular formula is C11H15N3OS2. The SMILES string of the molecule is O=C(NN1CSCCCSC1)c1ccncc1. The Labute approximate surface area is 110 Å². The van der Waals surface area contributed by atoms with Crippen molar-refractivity contribution in [3.63, 3.8) is 0 Å². The minimum Gasteiger partial charge on any atom is -0.283 e. The Morgan fingerprint density at radius 3 is 2.53 bits per heavy atom. The van der Waals surface area contributed by atoms with Crippen LogP contribution in [-0.2, 0) is 0 Å². The molecule has 17 heavy (non-hydrogen) atoms. The number of hydrazine groups is 1. The van der Waals surface area contributed by atoms with E-state index in [0.29, 0.717) is 5.56 Å². The smallest absolute Gasteiger partial charge is 0.265 e. The van der Waals surface area contributed by atoms with Crippen LogP contribution >= 0.6 is 23.5 Å². The maximum atomic E-state index is 11.9. The molecule has 0 spiro atoms. The zero-order valence-corrected chi connectivity index (χ0v) is 11.1. The first-order valence-electron chi connectivity index (χ1n) is 5.48. The molecule has 4 nitrogen and oxygen atoms in total. The van der Waals surface area contributed by atoms with E-state index in [4.69, 9.17) is 0 Å². The van der Waals surface area contributed by atoms with Crippen molar-refractivity contribution in [1.82, 2.24) is 15.4 Å². The number of carbonyl (C=O) groups excluding carboxylic acids is 1. The van der Waals surface area contributed by atoms with Crippen molar-refractivity contribution < 1.29 is 4.79 Å². The molecule has 0 aromatic carbocycles. The molecule has 2 rings (SSSR count). The van der Waals surface area contributed by atoms with Crippen LogP contribution in [0, 0.1) is 0 Å². The molecule has 0 radical (unpaired) electrons. The number of nitrogens with zero attached hydrogens (tertiary/aromatic N) is 2. The third-order valence-corrected chi connectivity index (χ3v) is 4.42. The molecule has 1 saturated heterocycles. The minimum atomic E-state index is -0.0610. The molecule has 1 aliphatic rings. The van der Waals surface area contributed by atoms with Gasteiger partial charge < -0.3 is 0 Å². The first-order chi connectivity index (χ1) is 8.36. The summed E-state index contributed by atoms with van der Waals surface area (Å²) < 4.78 is 0. The quantitative estimate of drug-likeness (QED) is 0.887. The second kappa shape index (κ2) is 6.88. The van der Waals surface area contributed by atoms with Gasteiger partial charge >= 0.3 is 0 Å². The molecule has 0 aliphatic carbocycles. The maximum absolute atomic E-state index is 11.9. The number of hydrogen-bond acceptors (Lipinski definition) is 5. The average Bonchev–Trinajstić information content (AvgIpc) is 2.33. The number of rotatable bonds is 2. The number of amides is 1. The van der Waals surface area contributed by atoms with Gasteiger partial charge in [0.25, 0.3) is 5.91 Å². The Morgan fingerprint density at radius 1 is 1.24 bits per heavy atom. The van der Waals surface area contributed by atoms with Crippen LogP contribution in [0.15, 0.2) is 24.5 Å². The Kier molecular flexibility index (Phi) is 5.15. The zero-order chi connectivity index (χ0) is 11.9. The van der Waals surface area contributed by atoms with Crippen molar-refractivity contribution in [2.45, 2.75) is 6.42 Å². The van der Waals surface area contributed by atoms with E-state index in [9.17, 15) is 4.79 Å². The van der Waals surface area contributed by atoms with Crippen molar-refractivity contribution in [3.8, 4) is 0 Å². The van der Waals surface area contributed by atoms with E-state index in [2.05, 4.69) is 10.4 Å². The zero-order valence-electron chi connectivity index (χ0n) is 9.46. The summed E-state index contributed by atoms with van der Waals surface area (Å²) in [5, 5.41) is 1.97. The summed E-state index contributed by atoms with van der Waals surface area (Å²) >= 11 is 3.72. The van der Waals surface area contributed by atoms with Crippen LogP contribution in [0.5, 0.6) is 0 Å². The van der Waals surface area contributed by atoms with Crippen molar-refractivity contribution in [3.05, 3.63) is 30.1 Å². The normalized spacial score (nSPS) is 18.1. The topological polar surface area (TPSA) is 45.2 Å². The van der Waals surface area contributed by atoms with Crippen molar-refractivity contribution in [1.29, 1.82) is 0 Å². The highest BCUT2D eigenvalue weighted by molar-refractivity contribution is 8.00. The van der Waals surface area contributed by atoms with Gasteiger partial charge in [0.05, 0.1) is 11.8 Å². The Balaban J connectivity index is 1.88. The van der Waals surface area contributed by atoms with Crippen LogP contribution in [-0.4, -0.2) is 39.2 Å². The fourth-order valence-electron chi connectivity index (χ4n) is 1.43. The lowest BCUT2D eigenvalue weighted by atomic mass is 10.3. The van der Waals surface area contributed by atoms with Gasteiger partial charge in [0.15, 0.2) is 0 Å². The largest absolute Gasteiger partial charge is 0.283 e. The van der Waals surface area contributed by atoms with Gasteiger partial charge in [0.1, 0.15) is 0 Å². The highest BCUT2D eigenvalue weighted by Gasteiger charge is 2.12. The number of nitrogens with one attached hydrogen (secondary N) is 1. The van der Waals surface area contributed by atoms with Crippen LogP contribution in [0.3, 0.4) is 0 Å². The summed E-state index contributed by atoms with van der Waals surface area (Å²) in [5.74, 6) is 3.96. The van der Waals surface area contributed by atoms with E-state index >= 15 is 0 Å². The first-order valence-corrected chi connectivity index (χ1v) is 7.78. The molecule has 2 heterocycles. The molecule has 0 unspecified atom stereocenters. The highest BCUT2D eigenvalue weighted by Crippen LogP contribution is 2.15. The molecule has 1 aromatic heterocycles. The predicted molar refractivity (Wildman–Crippen MR) is 72.8 cm³/mol. The van der Waals surface area contributed by atoms with Gasteiger partial charge in [0.2, 0.25) is 0 Å². The fraction of sp³-hybridized carbons (Fsp3) is 0.455. The molecule has 6 heteroatoms. The summed E-state index contributed by atoms with van der Waals surface area (Å²) in [6.07, 6.45) is 4.51. The van der Waals surface area contributed by atoms with Crippen LogP contribution in [0.2, 0.25) is 0 Å². The lowest BCUT2D eigenvalue weighted by molar-refractivity contribution is 0.0844. The number of aromatic nitrogens is 1. The average molecular weight is 269 g/mol. The molecule has 1 amide bonds. The number of carbonyl (C=O) groups is 1. The predicted octanol–water partition coefficient (Wildman–Crippen LogP) is 1.81. The third kappa shape index (κ3) is 4.22. The number of hydrogen-bond donors (Lipinski definition) is 1. The summed E-state index contributed by atoms with van der Waals surface area (Å²) in [7, 11) is 0. The summed E-state index contributed by atoms with van der Waals surface area (Å²) in [6.45, 7) is 0. The second-order valence-corrected chi connectivity index (χ2v) is 5.79. The van der Waals surface area contributed by atoms with E-state index < -0.39 is 0 Å². The van der Waals surface area contributed by atoms with E-state index in [1.165, 1.54) is 6.42 Å². The molecule has 1 aliphatic heterocycles. The number of pyridine rings is 1. The monoisotopic (exact) mass is 269 g/mol. The van der Waals surface area contributed by atoms with Gasteiger partial charge in [-0.3, -0.25) is 15.2 Å². The molecule has 1 N–H and O–H groups in total. The maximum Gasteiger partial charge on any atom is 0.265 e. The van der Waals surface area contributed by atoms with E-state index in [1.807, 2.05) is 28.5 Å². The molecule has 1 fully saturated rings. The molecule has 1 aromatic rings. The van der Waals surface area contributed by atoms with Crippen LogP contribution in [0.1, 0.15) is 16.8 Å². The standard InChI is InChI=1S/C11H15N3OS2/c15-11(10-2-4-12-5-3-10)13-14-8-16-6-1-7-17-9-14/h2-5H,1,6-9H2,(H,13,15). The Bertz CT molecular complexity index is 353. The summed E-state index contributed by atoms with van der Waals surface area (Å²) in [4.78, 5) is 15.8. The third-order valence-electron chi connectivity index (χ3n) is 2.27. The number of thioether (sulfide) groups is 2. The lowest BCUT2D eigenvalue weighted by Gasteiger charge is -2.24. The lowest BCUT2D eigenvalue weighted by Crippen LogP contribution is -2.42. The van der Waals surface area contributed by atoms with Gasteiger partial charge in [-0.1, -0.05) is 0 Å². The molecule has 0 atom stereocenters. The van der Waals surface area contributed by atoms with Gasteiger partial charge in [-0.25, -0.2) is 5.01 Å². The van der Waals surface area contributed by atoms with Gasteiger partial charge in [-0.05, 0) is 30.1 Å². The Hall–Kier alpha value is -0.720. The Morgan fingerprint density at radius 2 is 1.88 bits per heavy atom. The summed E-state index contributed by atoms with van der Waals surface area (Å²) in [5.41, 5.74) is 3.58. The van der Waals surface area contributed by atoms with Crippen LogP contribution in [0.25, 0.3) is 0 Å². The van der Waals surface area contributed by atoms with Crippen molar-refractivity contribution in [2.24, 2.45) is 0 Å². The van der Waals surface area contributed by atoms with Crippen LogP contribution in [0.4, 0.5) is 0 Å². The van der Waals surface area contributed by atoms with Gasteiger partial charge in [-0.2, -0.15) is 0 Å². The van der Waals surface area contributed by atoms with Crippen molar-refractivity contribution in [2.75, 3.05) is 23.3 Å². The molecule has 0 bridgehead atoms. The second-order valence-electron chi connectivity index (χ2n) is 3.64. The highest BCUT2D eigenvalue weighted by atomic mass is 32.2. The minimum absolute atomic E-state index is 0.0610. The molecular weight excluding hydrogens is 254 g/mol. The van der Waals surface area contributed by atoms with Crippen LogP contribution < -0.4 is 5.43 Å². The first kappa shape index (κ1) is 12.7. The molecule has 92 valence electrons. The summed E-state index contributed by atoms with van der Waals surface area (Å²) in [6, 6.07) is 3.44. The van der Waals surface area contributed by atoms with Gasteiger partial charge in [0, 0.05) is 18.0 Å². The van der Waals surface area contributed by atoms with Gasteiger partial charge in [-0.15, -0.1) is 23.5 Å². The van der Waals surface area contributed by atoms with E-state index in [-0.39, 0.29) is 5.91 Å².